The van der Waals surface area contributed by atoms with Crippen LogP contribution in [0, 0.1) is 5.82 Å². The highest BCUT2D eigenvalue weighted by molar-refractivity contribution is 6.36. The number of nitrogen functional groups attached to an aromatic ring is 1. The van der Waals surface area contributed by atoms with E-state index in [9.17, 15) is 9.18 Å². The summed E-state index contributed by atoms with van der Waals surface area (Å²) < 4.78 is 19.2. The summed E-state index contributed by atoms with van der Waals surface area (Å²) >= 11 is 11.6. The molecule has 4 nitrogen and oxygen atoms in total. The van der Waals surface area contributed by atoms with Crippen LogP contribution in [0.5, 0.6) is 5.75 Å². The molecule has 0 bridgehead atoms. The van der Waals surface area contributed by atoms with E-state index in [4.69, 9.17) is 38.8 Å². The van der Waals surface area contributed by atoms with Crippen LogP contribution < -0.4 is 10.5 Å². The minimum Gasteiger partial charge on any atom is -0.492 e. The van der Waals surface area contributed by atoms with Crippen LogP contribution in [-0.2, 0) is 0 Å². The van der Waals surface area contributed by atoms with Crippen LogP contribution in [0.3, 0.4) is 0 Å². The van der Waals surface area contributed by atoms with Crippen molar-refractivity contribution in [2.45, 2.75) is 0 Å². The molecule has 0 unspecified atom stereocenters. The second-order valence-corrected chi connectivity index (χ2v) is 4.96. The molecule has 3 N–H and O–H groups in total. The zero-order chi connectivity index (χ0) is 15.7. The minimum absolute atomic E-state index is 0.0416. The maximum Gasteiger partial charge on any atom is 0.337 e. The molecule has 7 heteroatoms. The van der Waals surface area contributed by atoms with Gasteiger partial charge in [0.05, 0.1) is 28.4 Å². The predicted molar refractivity (Wildman–Crippen MR) is 79.8 cm³/mol. The SMILES string of the molecule is COc1c(Cl)ccc(-c2cc(N)c(Cl)c(C(=O)O)c2)c1F. The van der Waals surface area contributed by atoms with Crippen LogP contribution in [0.25, 0.3) is 11.1 Å². The zero-order valence-corrected chi connectivity index (χ0v) is 12.3. The van der Waals surface area contributed by atoms with E-state index in [1.807, 2.05) is 0 Å². The molecule has 2 aromatic carbocycles. The van der Waals surface area contributed by atoms with Crippen molar-refractivity contribution >= 4 is 34.9 Å². The average molecular weight is 330 g/mol. The Morgan fingerprint density at radius 2 is 2.00 bits per heavy atom. The monoisotopic (exact) mass is 329 g/mol. The quantitative estimate of drug-likeness (QED) is 0.832. The van der Waals surface area contributed by atoms with E-state index in [0.29, 0.717) is 0 Å². The van der Waals surface area contributed by atoms with Crippen molar-refractivity contribution < 1.29 is 19.0 Å². The number of hydrogen-bond acceptors (Lipinski definition) is 3. The Kier molecular flexibility index (Phi) is 4.25. The van der Waals surface area contributed by atoms with Gasteiger partial charge in [-0.1, -0.05) is 23.2 Å². The molecule has 0 fully saturated rings. The normalized spacial score (nSPS) is 10.5. The van der Waals surface area contributed by atoms with Crippen LogP contribution in [0.1, 0.15) is 10.4 Å². The van der Waals surface area contributed by atoms with E-state index in [1.165, 1.54) is 31.4 Å². The van der Waals surface area contributed by atoms with Crippen LogP contribution in [0.15, 0.2) is 24.3 Å². The maximum absolute atomic E-state index is 14.4. The number of aromatic carboxylic acids is 1. The summed E-state index contributed by atoms with van der Waals surface area (Å²) in [6, 6.07) is 5.49. The Morgan fingerprint density at radius 1 is 1.33 bits per heavy atom. The van der Waals surface area contributed by atoms with Gasteiger partial charge in [-0.15, -0.1) is 0 Å². The number of carbonyl (C=O) groups is 1. The van der Waals surface area contributed by atoms with Crippen LogP contribution in [-0.4, -0.2) is 18.2 Å². The fourth-order valence-corrected chi connectivity index (χ4v) is 2.31. The molecule has 0 saturated carbocycles. The van der Waals surface area contributed by atoms with Crippen molar-refractivity contribution in [2.75, 3.05) is 12.8 Å². The molecule has 0 spiro atoms. The summed E-state index contributed by atoms with van der Waals surface area (Å²) in [6.45, 7) is 0. The lowest BCUT2D eigenvalue weighted by atomic mass is 10.0. The van der Waals surface area contributed by atoms with Gasteiger partial charge < -0.3 is 15.6 Å². The lowest BCUT2D eigenvalue weighted by molar-refractivity contribution is 0.0697. The standard InChI is InChI=1S/C14H10Cl2FNO3/c1-21-13-9(15)3-2-7(12(13)17)6-4-8(14(19)20)11(16)10(18)5-6/h2-5H,18H2,1H3,(H,19,20). The molecular formula is C14H10Cl2FNO3. The second kappa shape index (κ2) is 5.79. The number of methoxy groups -OCH3 is 1. The summed E-state index contributed by atoms with van der Waals surface area (Å²) in [5.41, 5.74) is 5.88. The van der Waals surface area contributed by atoms with Crippen molar-refractivity contribution in [1.82, 2.24) is 0 Å². The number of carboxylic acids is 1. The molecule has 0 aliphatic carbocycles. The smallest absolute Gasteiger partial charge is 0.337 e. The number of anilines is 1. The van der Waals surface area contributed by atoms with Gasteiger partial charge in [-0.3, -0.25) is 0 Å². The minimum atomic E-state index is -1.25. The van der Waals surface area contributed by atoms with Crippen LogP contribution >= 0.6 is 23.2 Å². The van der Waals surface area contributed by atoms with E-state index in [-0.39, 0.29) is 38.2 Å². The lowest BCUT2D eigenvalue weighted by Crippen LogP contribution is -2.02. The molecule has 0 atom stereocenters. The molecule has 2 aromatic rings. The molecule has 2 rings (SSSR count). The Bertz CT molecular complexity index is 735. The van der Waals surface area contributed by atoms with Gasteiger partial charge in [0, 0.05) is 5.56 Å². The Balaban J connectivity index is 2.71. The molecule has 110 valence electrons. The molecule has 0 saturated heterocycles. The first-order valence-corrected chi connectivity index (χ1v) is 6.47. The number of benzene rings is 2. The summed E-state index contributed by atoms with van der Waals surface area (Å²) in [7, 11) is 1.28. The van der Waals surface area contributed by atoms with Gasteiger partial charge in [0.25, 0.3) is 0 Å². The average Bonchev–Trinajstić information content (AvgIpc) is 2.42. The summed E-state index contributed by atoms with van der Waals surface area (Å²) in [5.74, 6) is -2.09. The van der Waals surface area contributed by atoms with Crippen molar-refractivity contribution in [3.63, 3.8) is 0 Å². The number of ether oxygens (including phenoxy) is 1. The summed E-state index contributed by atoms with van der Waals surface area (Å²) in [4.78, 5) is 11.1. The van der Waals surface area contributed by atoms with Crippen molar-refractivity contribution in [3.8, 4) is 16.9 Å². The molecule has 0 amide bonds. The molecule has 0 aromatic heterocycles. The Morgan fingerprint density at radius 3 is 2.57 bits per heavy atom. The largest absolute Gasteiger partial charge is 0.492 e. The molecule has 0 aliphatic rings. The number of hydrogen-bond donors (Lipinski definition) is 2. The van der Waals surface area contributed by atoms with E-state index in [2.05, 4.69) is 0 Å². The first-order valence-electron chi connectivity index (χ1n) is 5.71. The van der Waals surface area contributed by atoms with E-state index < -0.39 is 11.8 Å². The number of rotatable bonds is 3. The van der Waals surface area contributed by atoms with Crippen LogP contribution in [0.2, 0.25) is 10.0 Å². The van der Waals surface area contributed by atoms with Crippen molar-refractivity contribution in [2.24, 2.45) is 0 Å². The van der Waals surface area contributed by atoms with Crippen molar-refractivity contribution in [1.29, 1.82) is 0 Å². The van der Waals surface area contributed by atoms with Gasteiger partial charge in [0.2, 0.25) is 0 Å². The molecule has 0 aliphatic heterocycles. The first-order chi connectivity index (χ1) is 9.86. The maximum atomic E-state index is 14.4. The van der Waals surface area contributed by atoms with Gasteiger partial charge in [0.15, 0.2) is 11.6 Å². The number of halogens is 3. The fraction of sp³-hybridized carbons (Fsp3) is 0.0714. The third-order valence-electron chi connectivity index (χ3n) is 2.90. The first kappa shape index (κ1) is 15.4. The van der Waals surface area contributed by atoms with Gasteiger partial charge in [-0.2, -0.15) is 0 Å². The lowest BCUT2D eigenvalue weighted by Gasteiger charge is -2.12. The molecule has 21 heavy (non-hydrogen) atoms. The van der Waals surface area contributed by atoms with E-state index >= 15 is 0 Å². The van der Waals surface area contributed by atoms with Crippen molar-refractivity contribution in [3.05, 3.63) is 45.7 Å². The number of nitrogens with two attached hydrogens (primary N) is 1. The summed E-state index contributed by atoms with van der Waals surface area (Å²) in [6.07, 6.45) is 0. The van der Waals surface area contributed by atoms with Gasteiger partial charge in [0.1, 0.15) is 0 Å². The van der Waals surface area contributed by atoms with Gasteiger partial charge >= 0.3 is 5.97 Å². The van der Waals surface area contributed by atoms with E-state index in [0.717, 1.165) is 0 Å². The fourth-order valence-electron chi connectivity index (χ4n) is 1.90. The predicted octanol–water partition coefficient (Wildman–Crippen LogP) is 4.09. The highest BCUT2D eigenvalue weighted by Crippen LogP contribution is 2.37. The molecule has 0 radical (unpaired) electrons. The topological polar surface area (TPSA) is 72.5 Å². The Hall–Kier alpha value is -1.98. The summed E-state index contributed by atoms with van der Waals surface area (Å²) in [5, 5.41) is 9.12. The molecule has 0 heterocycles. The number of carboxylic acid groups (broad SMARTS) is 1. The van der Waals surface area contributed by atoms with E-state index in [1.54, 1.807) is 0 Å². The Labute approximate surface area is 129 Å². The zero-order valence-electron chi connectivity index (χ0n) is 10.8. The van der Waals surface area contributed by atoms with Gasteiger partial charge in [-0.05, 0) is 29.8 Å². The third-order valence-corrected chi connectivity index (χ3v) is 3.61. The highest BCUT2D eigenvalue weighted by atomic mass is 35.5. The molecular weight excluding hydrogens is 320 g/mol. The van der Waals surface area contributed by atoms with Gasteiger partial charge in [-0.25, -0.2) is 9.18 Å². The van der Waals surface area contributed by atoms with Crippen LogP contribution in [0.4, 0.5) is 10.1 Å². The third kappa shape index (κ3) is 2.75. The second-order valence-electron chi connectivity index (χ2n) is 4.17. The highest BCUT2D eigenvalue weighted by Gasteiger charge is 2.18.